The first-order valence-corrected chi connectivity index (χ1v) is 16.1. The summed E-state index contributed by atoms with van der Waals surface area (Å²) < 4.78 is 0. The molecule has 2 rings (SSSR count). The normalized spacial score (nSPS) is 17.4. The van der Waals surface area contributed by atoms with Crippen molar-refractivity contribution in [2.75, 3.05) is 7.11 Å². The number of hydrogen-bond donors (Lipinski definition) is 1. The third-order valence-corrected chi connectivity index (χ3v) is 6.87. The average molecular weight is 567 g/mol. The van der Waals surface area contributed by atoms with Gasteiger partial charge in [-0.05, 0) is 76.9 Å². The fourth-order valence-corrected chi connectivity index (χ4v) is 4.07. The largest absolute Gasteiger partial charge is 0.400 e. The van der Waals surface area contributed by atoms with Crippen molar-refractivity contribution in [1.29, 1.82) is 0 Å². The summed E-state index contributed by atoms with van der Waals surface area (Å²) in [6.07, 6.45) is 17.2. The number of rotatable bonds is 9. The standard InChI is InChI=1S/C24H38.C8H8.C3H8.2C2H6.CH4O/c1-9-11-12-20(6)23(19(5)10-2)17-21(7)24(8)15-13-22(14-16-24)18(3)4;1-2-8-6-4-3-5-7-8;1-3-2;3*1-2/h10,13,15,22H,3,7,9,11-12,14,16-17H2,1-2,4-6,8H3;2-7H,1H2;3H2,1-2H3;2*1-2H3;2H,1H3/b19-10-,23-20-;;;;;. The Hall–Kier alpha value is -2.38. The zero-order valence-electron chi connectivity index (χ0n) is 29.8. The van der Waals surface area contributed by atoms with Crippen LogP contribution >= 0.6 is 0 Å². The zero-order chi connectivity index (χ0) is 32.9. The van der Waals surface area contributed by atoms with Gasteiger partial charge in [-0.15, -0.1) is 0 Å². The summed E-state index contributed by atoms with van der Waals surface area (Å²) in [4.78, 5) is 0. The SMILES string of the molecule is C=C(C)C1C=CC(C)(C(=C)CC(/C(C)=C\C)=C(\C)CCCC)CC1.C=Cc1ccccc1.CC.CC.CCC.CO. The minimum atomic E-state index is 0.121. The summed E-state index contributed by atoms with van der Waals surface area (Å²) in [5.41, 5.74) is 8.38. The van der Waals surface area contributed by atoms with Gasteiger partial charge in [0.15, 0.2) is 0 Å². The van der Waals surface area contributed by atoms with Crippen LogP contribution < -0.4 is 0 Å². The number of allylic oxidation sites excluding steroid dienone is 8. The molecule has 0 aliphatic heterocycles. The smallest absolute Gasteiger partial charge is 0.0319 e. The topological polar surface area (TPSA) is 20.2 Å². The van der Waals surface area contributed by atoms with E-state index in [1.54, 1.807) is 0 Å². The molecule has 1 aromatic rings. The van der Waals surface area contributed by atoms with E-state index in [0.717, 1.165) is 13.5 Å². The molecule has 0 amide bonds. The van der Waals surface area contributed by atoms with Crippen molar-refractivity contribution in [2.24, 2.45) is 11.3 Å². The van der Waals surface area contributed by atoms with Crippen molar-refractivity contribution in [1.82, 2.24) is 0 Å². The van der Waals surface area contributed by atoms with Crippen molar-refractivity contribution < 1.29 is 5.11 Å². The van der Waals surface area contributed by atoms with Crippen molar-refractivity contribution in [2.45, 2.75) is 128 Å². The van der Waals surface area contributed by atoms with Gasteiger partial charge in [0.25, 0.3) is 0 Å². The number of aliphatic hydroxyl groups is 1. The van der Waals surface area contributed by atoms with Crippen LogP contribution in [0.3, 0.4) is 0 Å². The van der Waals surface area contributed by atoms with Gasteiger partial charge in [0.05, 0.1) is 0 Å². The Morgan fingerprint density at radius 2 is 1.49 bits per heavy atom. The highest BCUT2D eigenvalue weighted by atomic mass is 16.2. The summed E-state index contributed by atoms with van der Waals surface area (Å²) in [7, 11) is 1.00. The van der Waals surface area contributed by atoms with Crippen molar-refractivity contribution in [3.05, 3.63) is 102 Å². The molecule has 0 fully saturated rings. The third-order valence-electron chi connectivity index (χ3n) is 6.87. The quantitative estimate of drug-likeness (QED) is 0.233. The van der Waals surface area contributed by atoms with Crippen LogP contribution in [-0.2, 0) is 0 Å². The monoisotopic (exact) mass is 567 g/mol. The molecule has 1 nitrogen and oxygen atoms in total. The molecule has 2 unspecified atom stereocenters. The summed E-state index contributed by atoms with van der Waals surface area (Å²) >= 11 is 0. The number of hydrogen-bond acceptors (Lipinski definition) is 1. The van der Waals surface area contributed by atoms with Crippen LogP contribution in [0.1, 0.15) is 134 Å². The fraction of sp³-hybridized carbons (Fsp3) is 0.550. The Morgan fingerprint density at radius 1 is 0.976 bits per heavy atom. The van der Waals surface area contributed by atoms with Gasteiger partial charge in [-0.2, -0.15) is 0 Å². The predicted octanol–water partition coefficient (Wildman–Crippen LogP) is 13.4. The molecular formula is C40H70O. The molecule has 0 bridgehead atoms. The Morgan fingerprint density at radius 3 is 1.83 bits per heavy atom. The molecule has 236 valence electrons. The predicted molar refractivity (Wildman–Crippen MR) is 194 cm³/mol. The molecule has 1 aliphatic rings. The molecule has 1 aliphatic carbocycles. The van der Waals surface area contributed by atoms with Crippen LogP contribution in [0.25, 0.3) is 6.08 Å². The molecule has 1 N–H and O–H groups in total. The van der Waals surface area contributed by atoms with Crippen LogP contribution in [0.15, 0.2) is 96.2 Å². The van der Waals surface area contributed by atoms with Gasteiger partial charge in [0, 0.05) is 12.5 Å². The van der Waals surface area contributed by atoms with Gasteiger partial charge in [-0.25, -0.2) is 0 Å². The van der Waals surface area contributed by atoms with E-state index >= 15 is 0 Å². The van der Waals surface area contributed by atoms with Crippen LogP contribution in [0.2, 0.25) is 0 Å². The van der Waals surface area contributed by atoms with E-state index in [2.05, 4.69) is 93.4 Å². The molecule has 1 heteroatoms. The van der Waals surface area contributed by atoms with Gasteiger partial charge in [0.1, 0.15) is 0 Å². The van der Waals surface area contributed by atoms with E-state index in [-0.39, 0.29) is 5.41 Å². The lowest BCUT2D eigenvalue weighted by molar-refractivity contribution is 0.395. The Balaban J connectivity index is -0.000000330. The maximum atomic E-state index is 7.00. The zero-order valence-corrected chi connectivity index (χ0v) is 29.8. The molecule has 0 aromatic heterocycles. The molecule has 0 saturated carbocycles. The molecule has 0 spiro atoms. The van der Waals surface area contributed by atoms with E-state index in [4.69, 9.17) is 5.11 Å². The second-order valence-corrected chi connectivity index (χ2v) is 10.2. The van der Waals surface area contributed by atoms with Crippen LogP contribution in [-0.4, -0.2) is 12.2 Å². The minimum absolute atomic E-state index is 0.121. The van der Waals surface area contributed by atoms with E-state index in [0.29, 0.717) is 5.92 Å². The first-order chi connectivity index (χ1) is 19.6. The van der Waals surface area contributed by atoms with E-state index in [1.807, 2.05) is 64.1 Å². The van der Waals surface area contributed by atoms with Crippen molar-refractivity contribution >= 4 is 6.08 Å². The highest BCUT2D eigenvalue weighted by Gasteiger charge is 2.30. The van der Waals surface area contributed by atoms with Crippen LogP contribution in [0.4, 0.5) is 0 Å². The molecule has 0 heterocycles. The van der Waals surface area contributed by atoms with Gasteiger partial charge in [-0.1, -0.05) is 165 Å². The van der Waals surface area contributed by atoms with Gasteiger partial charge in [0.2, 0.25) is 0 Å². The number of unbranched alkanes of at least 4 members (excludes halogenated alkanes) is 1. The van der Waals surface area contributed by atoms with Crippen molar-refractivity contribution in [3.8, 4) is 0 Å². The molecule has 2 atom stereocenters. The van der Waals surface area contributed by atoms with Crippen LogP contribution in [0.5, 0.6) is 0 Å². The lowest BCUT2D eigenvalue weighted by atomic mass is 9.69. The first kappa shape index (κ1) is 45.6. The van der Waals surface area contributed by atoms with E-state index in [1.165, 1.54) is 72.0 Å². The summed E-state index contributed by atoms with van der Waals surface area (Å²) in [6, 6.07) is 10.0. The summed E-state index contributed by atoms with van der Waals surface area (Å²) in [5, 5.41) is 7.00. The average Bonchev–Trinajstić information content (AvgIpc) is 3.02. The van der Waals surface area contributed by atoms with Crippen LogP contribution in [0, 0.1) is 11.3 Å². The number of benzene rings is 1. The van der Waals surface area contributed by atoms with Gasteiger partial charge >= 0.3 is 0 Å². The number of aliphatic hydroxyl groups excluding tert-OH is 1. The minimum Gasteiger partial charge on any atom is -0.400 e. The van der Waals surface area contributed by atoms with Gasteiger partial charge in [-0.3, -0.25) is 0 Å². The van der Waals surface area contributed by atoms with Gasteiger partial charge < -0.3 is 5.11 Å². The molecule has 0 radical (unpaired) electrons. The maximum absolute atomic E-state index is 7.00. The lowest BCUT2D eigenvalue weighted by Crippen LogP contribution is -2.22. The molecule has 0 saturated heterocycles. The molecule has 41 heavy (non-hydrogen) atoms. The Kier molecular flexibility index (Phi) is 34.0. The molecule has 1 aromatic carbocycles. The first-order valence-electron chi connectivity index (χ1n) is 16.1. The van der Waals surface area contributed by atoms with E-state index in [9.17, 15) is 0 Å². The highest BCUT2D eigenvalue weighted by molar-refractivity contribution is 5.45. The van der Waals surface area contributed by atoms with E-state index < -0.39 is 0 Å². The maximum Gasteiger partial charge on any atom is 0.0319 e. The molecular weight excluding hydrogens is 496 g/mol. The third kappa shape index (κ3) is 21.0. The Bertz CT molecular complexity index is 865. The lowest BCUT2D eigenvalue weighted by Gasteiger charge is -2.35. The summed E-state index contributed by atoms with van der Waals surface area (Å²) in [6.45, 7) is 38.0. The second kappa shape index (κ2) is 30.6. The van der Waals surface area contributed by atoms with Crippen molar-refractivity contribution in [3.63, 3.8) is 0 Å². The highest BCUT2D eigenvalue weighted by Crippen LogP contribution is 2.43. The Labute approximate surface area is 259 Å². The fourth-order valence-electron chi connectivity index (χ4n) is 4.07. The summed E-state index contributed by atoms with van der Waals surface area (Å²) in [5.74, 6) is 0.546. The second-order valence-electron chi connectivity index (χ2n) is 10.2.